The first-order valence-corrected chi connectivity index (χ1v) is 11.4. The Morgan fingerprint density at radius 1 is 1.06 bits per heavy atom. The van der Waals surface area contributed by atoms with Crippen LogP contribution in [0.5, 0.6) is 0 Å². The van der Waals surface area contributed by atoms with Crippen LogP contribution in [0.1, 0.15) is 23.7 Å². The van der Waals surface area contributed by atoms with Gasteiger partial charge in [-0.25, -0.2) is 15.0 Å². The van der Waals surface area contributed by atoms with Gasteiger partial charge in [-0.3, -0.25) is 9.59 Å². The van der Waals surface area contributed by atoms with Crippen LogP contribution >= 0.6 is 0 Å². The summed E-state index contributed by atoms with van der Waals surface area (Å²) >= 11 is 0. The Hall–Kier alpha value is -3.79. The number of amides is 2. The van der Waals surface area contributed by atoms with Crippen LogP contribution in [0.4, 0.5) is 11.8 Å². The summed E-state index contributed by atoms with van der Waals surface area (Å²) in [5.41, 5.74) is 9.09. The van der Waals surface area contributed by atoms with E-state index in [0.717, 1.165) is 24.1 Å². The average Bonchev–Trinajstić information content (AvgIpc) is 3.33. The molecule has 2 aliphatic rings. The largest absolute Gasteiger partial charge is 0.383 e. The molecule has 4 heterocycles. The van der Waals surface area contributed by atoms with Gasteiger partial charge in [0.2, 0.25) is 11.9 Å². The summed E-state index contributed by atoms with van der Waals surface area (Å²) in [4.78, 5) is 41.5. The lowest BCUT2D eigenvalue weighted by Crippen LogP contribution is -2.40. The highest BCUT2D eigenvalue weighted by Crippen LogP contribution is 2.30. The molecule has 1 aromatic carbocycles. The third-order valence-corrected chi connectivity index (χ3v) is 6.36. The van der Waals surface area contributed by atoms with Crippen LogP contribution in [0, 0.1) is 0 Å². The minimum atomic E-state index is 0.000110. The smallest absolute Gasteiger partial charge is 0.254 e. The van der Waals surface area contributed by atoms with Crippen molar-refractivity contribution in [2.24, 2.45) is 0 Å². The van der Waals surface area contributed by atoms with Gasteiger partial charge < -0.3 is 25.6 Å². The Balaban J connectivity index is 1.41. The molecule has 34 heavy (non-hydrogen) atoms. The Kier molecular flexibility index (Phi) is 5.97. The first-order chi connectivity index (χ1) is 16.5. The molecule has 176 valence electrons. The molecule has 3 N–H and O–H groups in total. The summed E-state index contributed by atoms with van der Waals surface area (Å²) < 4.78 is 5.33. The zero-order valence-corrected chi connectivity index (χ0v) is 19.0. The van der Waals surface area contributed by atoms with Crippen molar-refractivity contribution in [1.29, 1.82) is 0 Å². The van der Waals surface area contributed by atoms with E-state index in [0.29, 0.717) is 61.1 Å². The molecule has 0 aliphatic carbocycles. The number of nitrogens with zero attached hydrogens (tertiary/aromatic N) is 5. The summed E-state index contributed by atoms with van der Waals surface area (Å²) in [6.45, 7) is 5.26. The summed E-state index contributed by atoms with van der Waals surface area (Å²) in [6.07, 6.45) is 4.20. The van der Waals surface area contributed by atoms with Crippen LogP contribution < -0.4 is 11.1 Å². The van der Waals surface area contributed by atoms with E-state index in [1.54, 1.807) is 24.2 Å². The zero-order chi connectivity index (χ0) is 23.7. The first kappa shape index (κ1) is 22.0. The van der Waals surface area contributed by atoms with Gasteiger partial charge in [0.1, 0.15) is 5.82 Å². The molecule has 0 saturated carbocycles. The highest BCUT2D eigenvalue weighted by atomic mass is 16.5. The molecule has 3 aromatic rings. The van der Waals surface area contributed by atoms with Gasteiger partial charge in [0, 0.05) is 62.7 Å². The SMILES string of the molecule is CC(=O)N1CCC(Nc2ncc3c(N)ncc(-c4ccc(C(=O)N5CCOCC5)cc4)c3n2)C1. The van der Waals surface area contributed by atoms with E-state index < -0.39 is 0 Å². The molecule has 0 radical (unpaired) electrons. The van der Waals surface area contributed by atoms with Crippen molar-refractivity contribution in [1.82, 2.24) is 24.8 Å². The number of ether oxygens (including phenoxy) is 1. The molecule has 0 bridgehead atoms. The van der Waals surface area contributed by atoms with Crippen LogP contribution in [-0.2, 0) is 9.53 Å². The van der Waals surface area contributed by atoms with Crippen molar-refractivity contribution in [3.63, 3.8) is 0 Å². The second kappa shape index (κ2) is 9.22. The molecule has 10 nitrogen and oxygen atoms in total. The lowest BCUT2D eigenvalue weighted by atomic mass is 10.0. The van der Waals surface area contributed by atoms with Crippen LogP contribution in [0.15, 0.2) is 36.7 Å². The lowest BCUT2D eigenvalue weighted by Gasteiger charge is -2.26. The lowest BCUT2D eigenvalue weighted by molar-refractivity contribution is -0.127. The van der Waals surface area contributed by atoms with Gasteiger partial charge in [0.25, 0.3) is 5.91 Å². The molecule has 1 unspecified atom stereocenters. The number of pyridine rings is 1. The number of hydrogen-bond donors (Lipinski definition) is 2. The normalized spacial score (nSPS) is 18.3. The second-order valence-corrected chi connectivity index (χ2v) is 8.59. The number of anilines is 2. The predicted octanol–water partition coefficient (Wildman–Crippen LogP) is 1.78. The number of morpholine rings is 1. The minimum absolute atomic E-state index is 0.000110. The highest BCUT2D eigenvalue weighted by Gasteiger charge is 2.25. The number of benzene rings is 1. The molecule has 2 aliphatic heterocycles. The molecule has 1 atom stereocenters. The molecule has 2 amide bonds. The average molecular weight is 462 g/mol. The highest BCUT2D eigenvalue weighted by molar-refractivity contribution is 5.99. The molecule has 10 heteroatoms. The van der Waals surface area contributed by atoms with Crippen LogP contribution in [0.3, 0.4) is 0 Å². The van der Waals surface area contributed by atoms with Gasteiger partial charge >= 0.3 is 0 Å². The monoisotopic (exact) mass is 461 g/mol. The number of aromatic nitrogens is 3. The molecule has 2 aromatic heterocycles. The summed E-state index contributed by atoms with van der Waals surface area (Å²) in [7, 11) is 0. The number of fused-ring (bicyclic) bond motifs is 1. The number of nitrogens with one attached hydrogen (secondary N) is 1. The van der Waals surface area contributed by atoms with Crippen molar-refractivity contribution >= 4 is 34.5 Å². The van der Waals surface area contributed by atoms with E-state index in [-0.39, 0.29) is 17.9 Å². The maximum absolute atomic E-state index is 12.8. The molecule has 2 fully saturated rings. The quantitative estimate of drug-likeness (QED) is 0.602. The number of nitrogens with two attached hydrogens (primary N) is 1. The fourth-order valence-electron chi connectivity index (χ4n) is 4.41. The van der Waals surface area contributed by atoms with Gasteiger partial charge in [-0.2, -0.15) is 0 Å². The predicted molar refractivity (Wildman–Crippen MR) is 128 cm³/mol. The van der Waals surface area contributed by atoms with Gasteiger partial charge in [-0.05, 0) is 24.1 Å². The Labute approximate surface area is 197 Å². The third kappa shape index (κ3) is 4.36. The van der Waals surface area contributed by atoms with E-state index in [4.69, 9.17) is 15.5 Å². The number of carbonyl (C=O) groups is 2. The standard InChI is InChI=1S/C24H27N7O3/c1-15(32)31-7-6-18(14-31)28-24-27-13-20-21(29-24)19(12-26-22(20)25)16-2-4-17(5-3-16)23(33)30-8-10-34-11-9-30/h2-5,12-13,18H,6-11,14H2,1H3,(H2,25,26)(H,27,28,29). The van der Waals surface area contributed by atoms with Gasteiger partial charge in [0.15, 0.2) is 0 Å². The fraction of sp³-hybridized carbons (Fsp3) is 0.375. The van der Waals surface area contributed by atoms with Crippen molar-refractivity contribution in [2.45, 2.75) is 19.4 Å². The fourth-order valence-corrected chi connectivity index (χ4v) is 4.41. The number of rotatable bonds is 4. The molecule has 2 saturated heterocycles. The third-order valence-electron chi connectivity index (χ3n) is 6.36. The molecular formula is C24H27N7O3. The van der Waals surface area contributed by atoms with Crippen molar-refractivity contribution < 1.29 is 14.3 Å². The van der Waals surface area contributed by atoms with E-state index >= 15 is 0 Å². The maximum atomic E-state index is 12.8. The Morgan fingerprint density at radius 2 is 1.82 bits per heavy atom. The van der Waals surface area contributed by atoms with Crippen molar-refractivity contribution in [3.05, 3.63) is 42.2 Å². The summed E-state index contributed by atoms with van der Waals surface area (Å²) in [5, 5.41) is 4.00. The Morgan fingerprint density at radius 3 is 2.53 bits per heavy atom. The summed E-state index contributed by atoms with van der Waals surface area (Å²) in [6, 6.07) is 7.54. The topological polar surface area (TPSA) is 127 Å². The van der Waals surface area contributed by atoms with Gasteiger partial charge in [0.05, 0.1) is 24.1 Å². The molecule has 0 spiro atoms. The first-order valence-electron chi connectivity index (χ1n) is 11.4. The van der Waals surface area contributed by atoms with Crippen molar-refractivity contribution in [3.8, 4) is 11.1 Å². The minimum Gasteiger partial charge on any atom is -0.383 e. The number of hydrogen-bond acceptors (Lipinski definition) is 8. The number of nitrogen functional groups attached to an aromatic ring is 1. The number of carbonyl (C=O) groups excluding carboxylic acids is 2. The number of likely N-dealkylation sites (tertiary alicyclic amines) is 1. The summed E-state index contributed by atoms with van der Waals surface area (Å²) in [5.74, 6) is 0.905. The maximum Gasteiger partial charge on any atom is 0.254 e. The van der Waals surface area contributed by atoms with Crippen LogP contribution in [-0.4, -0.2) is 82.0 Å². The second-order valence-electron chi connectivity index (χ2n) is 8.59. The van der Waals surface area contributed by atoms with E-state index in [9.17, 15) is 9.59 Å². The van der Waals surface area contributed by atoms with Gasteiger partial charge in [-0.15, -0.1) is 0 Å². The van der Waals surface area contributed by atoms with E-state index in [2.05, 4.69) is 15.3 Å². The van der Waals surface area contributed by atoms with Crippen LogP contribution in [0.2, 0.25) is 0 Å². The van der Waals surface area contributed by atoms with Crippen LogP contribution in [0.25, 0.3) is 22.0 Å². The zero-order valence-electron chi connectivity index (χ0n) is 19.0. The van der Waals surface area contributed by atoms with E-state index in [1.807, 2.05) is 29.2 Å². The van der Waals surface area contributed by atoms with E-state index in [1.165, 1.54) is 0 Å². The van der Waals surface area contributed by atoms with Crippen molar-refractivity contribution in [2.75, 3.05) is 50.4 Å². The molecule has 5 rings (SSSR count). The van der Waals surface area contributed by atoms with Gasteiger partial charge in [-0.1, -0.05) is 12.1 Å². The molecular weight excluding hydrogens is 434 g/mol. The Bertz CT molecular complexity index is 1230.